The molecule has 1 aliphatic rings. The number of nitrogens with zero attached hydrogens (tertiary/aromatic N) is 2. The minimum absolute atomic E-state index is 0.606. The SMILES string of the molecule is CCc1csc(N2CCC(CNC(C)C)CC2)n1. The predicted octanol–water partition coefficient (Wildman–Crippen LogP) is 2.92. The van der Waals surface area contributed by atoms with Gasteiger partial charge in [-0.3, -0.25) is 0 Å². The van der Waals surface area contributed by atoms with Crippen molar-refractivity contribution in [2.45, 2.75) is 46.1 Å². The highest BCUT2D eigenvalue weighted by atomic mass is 32.1. The molecule has 1 N–H and O–H groups in total. The topological polar surface area (TPSA) is 28.2 Å². The maximum Gasteiger partial charge on any atom is 0.185 e. The lowest BCUT2D eigenvalue weighted by Gasteiger charge is -2.32. The Kier molecular flexibility index (Phi) is 5.01. The van der Waals surface area contributed by atoms with E-state index in [-0.39, 0.29) is 0 Å². The van der Waals surface area contributed by atoms with Crippen LogP contribution in [-0.4, -0.2) is 30.7 Å². The van der Waals surface area contributed by atoms with Gasteiger partial charge in [0.15, 0.2) is 5.13 Å². The van der Waals surface area contributed by atoms with Crippen LogP contribution in [0.15, 0.2) is 5.38 Å². The summed E-state index contributed by atoms with van der Waals surface area (Å²) in [7, 11) is 0. The van der Waals surface area contributed by atoms with Gasteiger partial charge in [-0.2, -0.15) is 0 Å². The molecule has 102 valence electrons. The van der Waals surface area contributed by atoms with Crippen molar-refractivity contribution in [3.8, 4) is 0 Å². The number of hydrogen-bond donors (Lipinski definition) is 1. The molecule has 0 radical (unpaired) electrons. The lowest BCUT2D eigenvalue weighted by atomic mass is 9.97. The summed E-state index contributed by atoms with van der Waals surface area (Å²) in [4.78, 5) is 7.13. The van der Waals surface area contributed by atoms with Crippen LogP contribution in [0.25, 0.3) is 0 Å². The van der Waals surface area contributed by atoms with E-state index in [9.17, 15) is 0 Å². The van der Waals surface area contributed by atoms with E-state index in [0.717, 1.165) is 12.3 Å². The fourth-order valence-electron chi connectivity index (χ4n) is 2.33. The van der Waals surface area contributed by atoms with E-state index in [2.05, 4.69) is 41.4 Å². The number of anilines is 1. The molecule has 0 spiro atoms. The second-order valence-corrected chi connectivity index (χ2v) is 6.30. The highest BCUT2D eigenvalue weighted by Crippen LogP contribution is 2.26. The average molecular weight is 267 g/mol. The van der Waals surface area contributed by atoms with Gasteiger partial charge in [0, 0.05) is 24.5 Å². The van der Waals surface area contributed by atoms with Gasteiger partial charge >= 0.3 is 0 Å². The van der Waals surface area contributed by atoms with Crippen molar-refractivity contribution in [2.24, 2.45) is 5.92 Å². The van der Waals surface area contributed by atoms with E-state index >= 15 is 0 Å². The molecule has 0 aromatic carbocycles. The van der Waals surface area contributed by atoms with E-state index in [1.165, 1.54) is 43.3 Å². The minimum atomic E-state index is 0.606. The van der Waals surface area contributed by atoms with E-state index in [1.54, 1.807) is 11.3 Å². The zero-order valence-electron chi connectivity index (χ0n) is 11.8. The molecule has 2 rings (SSSR count). The highest BCUT2D eigenvalue weighted by Gasteiger charge is 2.21. The number of aryl methyl sites for hydroxylation is 1. The predicted molar refractivity (Wildman–Crippen MR) is 79.6 cm³/mol. The Morgan fingerprint density at radius 2 is 2.17 bits per heavy atom. The summed E-state index contributed by atoms with van der Waals surface area (Å²) in [5, 5.41) is 6.97. The molecule has 1 aliphatic heterocycles. The number of hydrogen-bond acceptors (Lipinski definition) is 4. The average Bonchev–Trinajstić information content (AvgIpc) is 2.85. The molecule has 0 bridgehead atoms. The van der Waals surface area contributed by atoms with Crippen LogP contribution >= 0.6 is 11.3 Å². The summed E-state index contributed by atoms with van der Waals surface area (Å²) in [5.74, 6) is 0.842. The standard InChI is InChI=1S/C14H25N3S/c1-4-13-10-18-14(16-13)17-7-5-12(6-8-17)9-15-11(2)3/h10-12,15H,4-9H2,1-3H3. The Hall–Kier alpha value is -0.610. The van der Waals surface area contributed by atoms with Crippen LogP contribution in [0.1, 0.15) is 39.3 Å². The molecule has 4 heteroatoms. The molecular formula is C14H25N3S. The summed E-state index contributed by atoms with van der Waals surface area (Å²) >= 11 is 1.80. The molecule has 1 fully saturated rings. The maximum atomic E-state index is 4.68. The Balaban J connectivity index is 1.79. The van der Waals surface area contributed by atoms with Crippen molar-refractivity contribution in [1.29, 1.82) is 0 Å². The van der Waals surface area contributed by atoms with Crippen LogP contribution in [0, 0.1) is 5.92 Å². The molecule has 0 amide bonds. The lowest BCUT2D eigenvalue weighted by molar-refractivity contribution is 0.370. The highest BCUT2D eigenvalue weighted by molar-refractivity contribution is 7.13. The molecule has 3 nitrogen and oxygen atoms in total. The summed E-state index contributed by atoms with van der Waals surface area (Å²) in [5.41, 5.74) is 1.23. The first-order chi connectivity index (χ1) is 8.69. The van der Waals surface area contributed by atoms with E-state index in [0.29, 0.717) is 6.04 Å². The van der Waals surface area contributed by atoms with E-state index in [1.807, 2.05) is 0 Å². The Bertz CT molecular complexity index is 354. The second-order valence-electron chi connectivity index (χ2n) is 5.47. The van der Waals surface area contributed by atoms with Crippen LogP contribution in [0.3, 0.4) is 0 Å². The maximum absolute atomic E-state index is 4.68. The van der Waals surface area contributed by atoms with Gasteiger partial charge in [0.25, 0.3) is 0 Å². The summed E-state index contributed by atoms with van der Waals surface area (Å²) in [6, 6.07) is 0.606. The minimum Gasteiger partial charge on any atom is -0.348 e. The number of piperidine rings is 1. The fourth-order valence-corrected chi connectivity index (χ4v) is 3.30. The summed E-state index contributed by atoms with van der Waals surface area (Å²) < 4.78 is 0. The molecule has 0 aliphatic carbocycles. The Morgan fingerprint density at radius 1 is 1.44 bits per heavy atom. The molecule has 1 aromatic rings. The van der Waals surface area contributed by atoms with Crippen LogP contribution in [0.5, 0.6) is 0 Å². The first-order valence-electron chi connectivity index (χ1n) is 7.11. The number of aromatic nitrogens is 1. The van der Waals surface area contributed by atoms with Crippen molar-refractivity contribution < 1.29 is 0 Å². The van der Waals surface area contributed by atoms with Gasteiger partial charge in [0.1, 0.15) is 0 Å². The quantitative estimate of drug-likeness (QED) is 0.889. The summed E-state index contributed by atoms with van der Waals surface area (Å²) in [6.45, 7) is 10.1. The zero-order valence-corrected chi connectivity index (χ0v) is 12.6. The van der Waals surface area contributed by atoms with Crippen LogP contribution in [0.2, 0.25) is 0 Å². The molecular weight excluding hydrogens is 242 g/mol. The number of thiazole rings is 1. The van der Waals surface area contributed by atoms with Gasteiger partial charge in [-0.05, 0) is 31.7 Å². The normalized spacial score (nSPS) is 17.7. The molecule has 0 saturated carbocycles. The molecule has 2 heterocycles. The molecule has 0 atom stereocenters. The van der Waals surface area contributed by atoms with Gasteiger partial charge in [-0.1, -0.05) is 20.8 Å². The van der Waals surface area contributed by atoms with Crippen molar-refractivity contribution in [3.63, 3.8) is 0 Å². The van der Waals surface area contributed by atoms with Crippen LogP contribution < -0.4 is 10.2 Å². The van der Waals surface area contributed by atoms with Gasteiger partial charge in [-0.15, -0.1) is 11.3 Å². The zero-order chi connectivity index (χ0) is 13.0. The molecule has 1 saturated heterocycles. The monoisotopic (exact) mass is 267 g/mol. The first-order valence-corrected chi connectivity index (χ1v) is 7.99. The first kappa shape index (κ1) is 13.8. The largest absolute Gasteiger partial charge is 0.348 e. The van der Waals surface area contributed by atoms with Crippen molar-refractivity contribution in [3.05, 3.63) is 11.1 Å². The van der Waals surface area contributed by atoms with Gasteiger partial charge in [-0.25, -0.2) is 4.98 Å². The fraction of sp³-hybridized carbons (Fsp3) is 0.786. The van der Waals surface area contributed by atoms with Gasteiger partial charge < -0.3 is 10.2 Å². The smallest absolute Gasteiger partial charge is 0.185 e. The molecule has 18 heavy (non-hydrogen) atoms. The third kappa shape index (κ3) is 3.69. The van der Waals surface area contributed by atoms with Crippen molar-refractivity contribution >= 4 is 16.5 Å². The van der Waals surface area contributed by atoms with E-state index < -0.39 is 0 Å². The molecule has 1 aromatic heterocycles. The van der Waals surface area contributed by atoms with Crippen molar-refractivity contribution in [2.75, 3.05) is 24.5 Å². The third-order valence-corrected chi connectivity index (χ3v) is 4.55. The third-order valence-electron chi connectivity index (χ3n) is 3.60. The van der Waals surface area contributed by atoms with Crippen LogP contribution in [-0.2, 0) is 6.42 Å². The lowest BCUT2D eigenvalue weighted by Crippen LogP contribution is -2.38. The number of rotatable bonds is 5. The second kappa shape index (κ2) is 6.53. The Labute approximate surface area is 115 Å². The van der Waals surface area contributed by atoms with Crippen LogP contribution in [0.4, 0.5) is 5.13 Å². The number of nitrogens with one attached hydrogen (secondary N) is 1. The van der Waals surface area contributed by atoms with Crippen molar-refractivity contribution in [1.82, 2.24) is 10.3 Å². The molecule has 0 unspecified atom stereocenters. The van der Waals surface area contributed by atoms with E-state index in [4.69, 9.17) is 0 Å². The summed E-state index contributed by atoms with van der Waals surface area (Å²) in [6.07, 6.45) is 3.63. The van der Waals surface area contributed by atoms with Gasteiger partial charge in [0.05, 0.1) is 5.69 Å². The van der Waals surface area contributed by atoms with Gasteiger partial charge in [0.2, 0.25) is 0 Å². The Morgan fingerprint density at radius 3 is 2.72 bits per heavy atom.